The number of carbonyl (C=O) groups excluding carboxylic acids is 1. The zero-order valence-corrected chi connectivity index (χ0v) is 11.3. The minimum absolute atomic E-state index is 0.467. The molecule has 0 bridgehead atoms. The van der Waals surface area contributed by atoms with Gasteiger partial charge in [0.05, 0.1) is 5.69 Å². The van der Waals surface area contributed by atoms with Gasteiger partial charge >= 0.3 is 12.0 Å². The SMILES string of the molecule is O=C(Nc1cccc2cnccc12)NC1(C(=O)O)CCC1. The number of fused-ring (bicyclic) bond motifs is 1. The highest BCUT2D eigenvalue weighted by molar-refractivity contribution is 6.02. The number of aliphatic carboxylic acids is 1. The first kappa shape index (κ1) is 13.4. The summed E-state index contributed by atoms with van der Waals surface area (Å²) in [5.41, 5.74) is -0.483. The lowest BCUT2D eigenvalue weighted by atomic mass is 9.77. The number of nitrogens with one attached hydrogen (secondary N) is 2. The van der Waals surface area contributed by atoms with E-state index >= 15 is 0 Å². The van der Waals surface area contributed by atoms with Crippen molar-refractivity contribution < 1.29 is 14.7 Å². The highest BCUT2D eigenvalue weighted by Gasteiger charge is 2.45. The van der Waals surface area contributed by atoms with Crippen molar-refractivity contribution in [2.45, 2.75) is 24.8 Å². The zero-order chi connectivity index (χ0) is 14.9. The Balaban J connectivity index is 1.79. The summed E-state index contributed by atoms with van der Waals surface area (Å²) in [6.45, 7) is 0. The van der Waals surface area contributed by atoms with Crippen LogP contribution in [0.4, 0.5) is 10.5 Å². The molecule has 0 aliphatic heterocycles. The Morgan fingerprint density at radius 2 is 2.05 bits per heavy atom. The quantitative estimate of drug-likeness (QED) is 0.807. The van der Waals surface area contributed by atoms with Crippen molar-refractivity contribution in [2.24, 2.45) is 0 Å². The van der Waals surface area contributed by atoms with Crippen LogP contribution in [0.1, 0.15) is 19.3 Å². The summed E-state index contributed by atoms with van der Waals surface area (Å²) in [6, 6.07) is 6.80. The number of pyridine rings is 1. The summed E-state index contributed by atoms with van der Waals surface area (Å²) in [5.74, 6) is -0.981. The molecule has 1 saturated carbocycles. The summed E-state index contributed by atoms with van der Waals surface area (Å²) in [6.07, 6.45) is 5.11. The first-order valence-corrected chi connectivity index (χ1v) is 6.76. The minimum atomic E-state index is -1.11. The zero-order valence-electron chi connectivity index (χ0n) is 11.3. The first-order chi connectivity index (χ1) is 10.1. The molecule has 3 N–H and O–H groups in total. The Morgan fingerprint density at radius 3 is 2.71 bits per heavy atom. The van der Waals surface area contributed by atoms with Gasteiger partial charge in [0.1, 0.15) is 5.54 Å². The van der Waals surface area contributed by atoms with Gasteiger partial charge < -0.3 is 15.7 Å². The number of amides is 2. The smallest absolute Gasteiger partial charge is 0.329 e. The Morgan fingerprint density at radius 1 is 1.24 bits per heavy atom. The third-order valence-corrected chi connectivity index (χ3v) is 3.90. The molecular weight excluding hydrogens is 270 g/mol. The largest absolute Gasteiger partial charge is 0.480 e. The van der Waals surface area contributed by atoms with Crippen LogP contribution in [0.2, 0.25) is 0 Å². The lowest BCUT2D eigenvalue weighted by Gasteiger charge is -2.38. The van der Waals surface area contributed by atoms with E-state index < -0.39 is 17.5 Å². The van der Waals surface area contributed by atoms with Crippen molar-refractivity contribution in [1.82, 2.24) is 10.3 Å². The van der Waals surface area contributed by atoms with Crippen LogP contribution in [0, 0.1) is 0 Å². The number of urea groups is 1. The van der Waals surface area contributed by atoms with Gasteiger partial charge in [-0.2, -0.15) is 0 Å². The topological polar surface area (TPSA) is 91.3 Å². The van der Waals surface area contributed by atoms with Crippen LogP contribution in [0.15, 0.2) is 36.7 Å². The van der Waals surface area contributed by atoms with Crippen LogP contribution < -0.4 is 10.6 Å². The van der Waals surface area contributed by atoms with E-state index in [-0.39, 0.29) is 0 Å². The molecule has 108 valence electrons. The van der Waals surface area contributed by atoms with Crippen LogP contribution in [-0.2, 0) is 4.79 Å². The van der Waals surface area contributed by atoms with Gasteiger partial charge in [0, 0.05) is 23.2 Å². The van der Waals surface area contributed by atoms with Crippen molar-refractivity contribution in [3.8, 4) is 0 Å². The van der Waals surface area contributed by atoms with Gasteiger partial charge in [0.2, 0.25) is 0 Å². The summed E-state index contributed by atoms with van der Waals surface area (Å²) < 4.78 is 0. The van der Waals surface area contributed by atoms with Crippen molar-refractivity contribution in [1.29, 1.82) is 0 Å². The normalized spacial score (nSPS) is 16.0. The molecule has 6 nitrogen and oxygen atoms in total. The van der Waals surface area contributed by atoms with Gasteiger partial charge in [0.25, 0.3) is 0 Å². The van der Waals surface area contributed by atoms with Crippen molar-refractivity contribution in [2.75, 3.05) is 5.32 Å². The second-order valence-corrected chi connectivity index (χ2v) is 5.22. The van der Waals surface area contributed by atoms with Crippen LogP contribution >= 0.6 is 0 Å². The molecule has 0 saturated heterocycles. The molecular formula is C15H15N3O3. The Hall–Kier alpha value is -2.63. The second kappa shape index (κ2) is 5.05. The van der Waals surface area contributed by atoms with Gasteiger partial charge in [-0.05, 0) is 31.4 Å². The number of aromatic nitrogens is 1. The number of nitrogens with zero attached hydrogens (tertiary/aromatic N) is 1. The summed E-state index contributed by atoms with van der Waals surface area (Å²) in [7, 11) is 0. The number of carbonyl (C=O) groups is 2. The molecule has 1 aliphatic rings. The Bertz CT molecular complexity index is 705. The van der Waals surface area contributed by atoms with Gasteiger partial charge in [-0.3, -0.25) is 4.98 Å². The van der Waals surface area contributed by atoms with E-state index in [1.165, 1.54) is 0 Å². The maximum atomic E-state index is 12.1. The fourth-order valence-corrected chi connectivity index (χ4v) is 2.53. The number of carboxylic acids is 1. The fraction of sp³-hybridized carbons (Fsp3) is 0.267. The van der Waals surface area contributed by atoms with Gasteiger partial charge in [-0.15, -0.1) is 0 Å². The van der Waals surface area contributed by atoms with Crippen LogP contribution in [0.3, 0.4) is 0 Å². The lowest BCUT2D eigenvalue weighted by molar-refractivity contribution is -0.148. The average molecular weight is 285 g/mol. The molecule has 1 heterocycles. The Labute approximate surface area is 121 Å². The monoisotopic (exact) mass is 285 g/mol. The molecule has 1 fully saturated rings. The number of hydrogen-bond donors (Lipinski definition) is 3. The van der Waals surface area contributed by atoms with E-state index in [4.69, 9.17) is 0 Å². The van der Waals surface area contributed by atoms with E-state index in [0.29, 0.717) is 18.5 Å². The van der Waals surface area contributed by atoms with E-state index in [9.17, 15) is 14.7 Å². The highest BCUT2D eigenvalue weighted by atomic mass is 16.4. The van der Waals surface area contributed by atoms with Crippen LogP contribution in [0.5, 0.6) is 0 Å². The lowest BCUT2D eigenvalue weighted by Crippen LogP contribution is -2.60. The highest BCUT2D eigenvalue weighted by Crippen LogP contribution is 2.32. The number of carboxylic acid groups (broad SMARTS) is 1. The van der Waals surface area contributed by atoms with Crippen LogP contribution in [0.25, 0.3) is 10.8 Å². The standard InChI is InChI=1S/C15H15N3O3/c19-13(20)15(6-2-7-15)18-14(21)17-12-4-1-3-10-9-16-8-5-11(10)12/h1,3-5,8-9H,2,6-7H2,(H,19,20)(H2,17,18,21). The molecule has 21 heavy (non-hydrogen) atoms. The number of benzene rings is 1. The maximum absolute atomic E-state index is 12.1. The molecule has 2 aromatic rings. The molecule has 1 aliphatic carbocycles. The van der Waals surface area contributed by atoms with Crippen molar-refractivity contribution >= 4 is 28.5 Å². The van der Waals surface area contributed by atoms with Gasteiger partial charge in [-0.25, -0.2) is 9.59 Å². The van der Waals surface area contributed by atoms with Gasteiger partial charge in [-0.1, -0.05) is 12.1 Å². The molecule has 0 atom stereocenters. The van der Waals surface area contributed by atoms with Crippen LogP contribution in [-0.4, -0.2) is 27.6 Å². The predicted molar refractivity (Wildman–Crippen MR) is 78.1 cm³/mol. The number of rotatable bonds is 3. The Kier molecular flexibility index (Phi) is 3.21. The third-order valence-electron chi connectivity index (χ3n) is 3.90. The molecule has 6 heteroatoms. The second-order valence-electron chi connectivity index (χ2n) is 5.22. The third kappa shape index (κ3) is 2.40. The van der Waals surface area contributed by atoms with E-state index in [1.54, 1.807) is 24.5 Å². The number of hydrogen-bond acceptors (Lipinski definition) is 3. The van der Waals surface area contributed by atoms with E-state index in [0.717, 1.165) is 17.2 Å². The summed E-state index contributed by atoms with van der Waals surface area (Å²) in [4.78, 5) is 27.4. The molecule has 2 amide bonds. The molecule has 0 unspecified atom stereocenters. The fourth-order valence-electron chi connectivity index (χ4n) is 2.53. The minimum Gasteiger partial charge on any atom is -0.480 e. The van der Waals surface area contributed by atoms with E-state index in [2.05, 4.69) is 15.6 Å². The number of anilines is 1. The maximum Gasteiger partial charge on any atom is 0.329 e. The summed E-state index contributed by atoms with van der Waals surface area (Å²) in [5, 5.41) is 16.3. The van der Waals surface area contributed by atoms with Gasteiger partial charge in [0.15, 0.2) is 0 Å². The molecule has 1 aromatic carbocycles. The summed E-state index contributed by atoms with van der Waals surface area (Å²) >= 11 is 0. The van der Waals surface area contributed by atoms with Crippen molar-refractivity contribution in [3.63, 3.8) is 0 Å². The molecule has 1 aromatic heterocycles. The van der Waals surface area contributed by atoms with Crippen molar-refractivity contribution in [3.05, 3.63) is 36.7 Å². The van der Waals surface area contributed by atoms with E-state index in [1.807, 2.05) is 12.1 Å². The molecule has 0 spiro atoms. The molecule has 3 rings (SSSR count). The first-order valence-electron chi connectivity index (χ1n) is 6.76. The molecule has 0 radical (unpaired) electrons. The predicted octanol–water partition coefficient (Wildman–Crippen LogP) is 2.36. The average Bonchev–Trinajstić information content (AvgIpc) is 2.43.